The molecule has 0 aromatic heterocycles. The van der Waals surface area contributed by atoms with Crippen molar-refractivity contribution in [2.24, 2.45) is 5.14 Å². The lowest BCUT2D eigenvalue weighted by atomic mass is 10.1. The summed E-state index contributed by atoms with van der Waals surface area (Å²) in [6.07, 6.45) is 1.12. The van der Waals surface area contributed by atoms with Gasteiger partial charge in [0.2, 0.25) is 10.0 Å². The molecule has 0 bridgehead atoms. The van der Waals surface area contributed by atoms with Gasteiger partial charge in [0, 0.05) is 12.0 Å². The van der Waals surface area contributed by atoms with E-state index in [0.717, 1.165) is 6.42 Å². The van der Waals surface area contributed by atoms with Gasteiger partial charge in [0.15, 0.2) is 0 Å². The molecule has 0 saturated heterocycles. The third-order valence-electron chi connectivity index (χ3n) is 2.80. The maximum atomic E-state index is 11.0. The van der Waals surface area contributed by atoms with Crippen molar-refractivity contribution in [3.8, 4) is 0 Å². The Morgan fingerprint density at radius 3 is 2.33 bits per heavy atom. The fourth-order valence-electron chi connectivity index (χ4n) is 1.79. The Morgan fingerprint density at radius 1 is 1.33 bits per heavy atom. The number of primary sulfonamides is 1. The van der Waals surface area contributed by atoms with Crippen LogP contribution in [0.3, 0.4) is 0 Å². The molecule has 0 spiro atoms. The second kappa shape index (κ2) is 3.59. The van der Waals surface area contributed by atoms with E-state index in [1.807, 2.05) is 19.2 Å². The third-order valence-corrected chi connectivity index (χ3v) is 3.73. The molecule has 0 aliphatic heterocycles. The van der Waals surface area contributed by atoms with Gasteiger partial charge in [-0.3, -0.25) is 0 Å². The zero-order valence-corrected chi connectivity index (χ0v) is 9.29. The second-order valence-corrected chi connectivity index (χ2v) is 5.41. The molecule has 0 radical (unpaired) electrons. The molecule has 0 heterocycles. The average Bonchev–Trinajstić information content (AvgIpc) is 2.95. The lowest BCUT2D eigenvalue weighted by Gasteiger charge is -2.01. The number of benzene rings is 1. The van der Waals surface area contributed by atoms with Crippen LogP contribution in [-0.2, 0) is 10.0 Å². The van der Waals surface area contributed by atoms with E-state index in [-0.39, 0.29) is 4.90 Å². The molecule has 15 heavy (non-hydrogen) atoms. The molecule has 0 amide bonds. The SMILES string of the molecule is CNC1CC1c1ccc(S(N)(=O)=O)cc1. The fourth-order valence-corrected chi connectivity index (χ4v) is 2.30. The quantitative estimate of drug-likeness (QED) is 0.784. The normalized spacial score (nSPS) is 25.2. The van der Waals surface area contributed by atoms with Crippen LogP contribution in [0.15, 0.2) is 29.2 Å². The Labute approximate surface area is 89.5 Å². The van der Waals surface area contributed by atoms with Gasteiger partial charge in [-0.05, 0) is 31.2 Å². The average molecular weight is 226 g/mol. The van der Waals surface area contributed by atoms with Crippen molar-refractivity contribution in [2.75, 3.05) is 7.05 Å². The van der Waals surface area contributed by atoms with Crippen LogP contribution in [0.25, 0.3) is 0 Å². The molecule has 3 N–H and O–H groups in total. The Hall–Kier alpha value is -0.910. The van der Waals surface area contributed by atoms with Gasteiger partial charge in [0.05, 0.1) is 4.90 Å². The van der Waals surface area contributed by atoms with Crippen LogP contribution in [-0.4, -0.2) is 21.5 Å². The summed E-state index contributed by atoms with van der Waals surface area (Å²) in [6.45, 7) is 0. The minimum atomic E-state index is -3.56. The first-order chi connectivity index (χ1) is 7.02. The van der Waals surface area contributed by atoms with Crippen molar-refractivity contribution in [3.63, 3.8) is 0 Å². The Bertz CT molecular complexity index is 453. The van der Waals surface area contributed by atoms with Crippen molar-refractivity contribution in [3.05, 3.63) is 29.8 Å². The predicted molar refractivity (Wildman–Crippen MR) is 58.0 cm³/mol. The summed E-state index contributed by atoms with van der Waals surface area (Å²) < 4.78 is 22.0. The van der Waals surface area contributed by atoms with Crippen LogP contribution >= 0.6 is 0 Å². The van der Waals surface area contributed by atoms with E-state index in [2.05, 4.69) is 5.32 Å². The zero-order valence-electron chi connectivity index (χ0n) is 8.47. The van der Waals surface area contributed by atoms with E-state index in [1.54, 1.807) is 12.1 Å². The van der Waals surface area contributed by atoms with Gasteiger partial charge < -0.3 is 5.32 Å². The summed E-state index contributed by atoms with van der Waals surface area (Å²) in [5, 5.41) is 8.20. The highest BCUT2D eigenvalue weighted by atomic mass is 32.2. The Kier molecular flexibility index (Phi) is 2.54. The largest absolute Gasteiger partial charge is 0.316 e. The van der Waals surface area contributed by atoms with Crippen molar-refractivity contribution in [2.45, 2.75) is 23.3 Å². The van der Waals surface area contributed by atoms with Crippen molar-refractivity contribution < 1.29 is 8.42 Å². The maximum absolute atomic E-state index is 11.0. The van der Waals surface area contributed by atoms with Gasteiger partial charge in [-0.15, -0.1) is 0 Å². The van der Waals surface area contributed by atoms with Crippen LogP contribution in [0.5, 0.6) is 0 Å². The van der Waals surface area contributed by atoms with Gasteiger partial charge in [-0.1, -0.05) is 12.1 Å². The number of rotatable bonds is 3. The molecule has 1 fully saturated rings. The van der Waals surface area contributed by atoms with E-state index >= 15 is 0 Å². The topological polar surface area (TPSA) is 72.2 Å². The first-order valence-corrected chi connectivity index (χ1v) is 6.37. The van der Waals surface area contributed by atoms with Gasteiger partial charge in [-0.2, -0.15) is 0 Å². The van der Waals surface area contributed by atoms with Crippen molar-refractivity contribution >= 4 is 10.0 Å². The summed E-state index contributed by atoms with van der Waals surface area (Å²) >= 11 is 0. The number of hydrogen-bond donors (Lipinski definition) is 2. The van der Waals surface area contributed by atoms with Crippen molar-refractivity contribution in [1.82, 2.24) is 5.32 Å². The van der Waals surface area contributed by atoms with E-state index in [0.29, 0.717) is 12.0 Å². The number of nitrogens with one attached hydrogen (secondary N) is 1. The minimum Gasteiger partial charge on any atom is -0.316 e. The smallest absolute Gasteiger partial charge is 0.238 e. The highest BCUT2D eigenvalue weighted by Crippen LogP contribution is 2.40. The van der Waals surface area contributed by atoms with E-state index in [4.69, 9.17) is 5.14 Å². The molecule has 82 valence electrons. The number of nitrogens with two attached hydrogens (primary N) is 1. The first kappa shape index (κ1) is 10.6. The van der Waals surface area contributed by atoms with Crippen LogP contribution in [0, 0.1) is 0 Å². The van der Waals surface area contributed by atoms with E-state index in [1.165, 1.54) is 5.56 Å². The molecule has 1 saturated carbocycles. The van der Waals surface area contributed by atoms with Crippen molar-refractivity contribution in [1.29, 1.82) is 0 Å². The molecule has 2 unspecified atom stereocenters. The summed E-state index contributed by atoms with van der Waals surface area (Å²) in [5.74, 6) is 0.518. The molecule has 1 aliphatic carbocycles. The fraction of sp³-hybridized carbons (Fsp3) is 0.400. The van der Waals surface area contributed by atoms with Crippen LogP contribution in [0.2, 0.25) is 0 Å². The third kappa shape index (κ3) is 2.19. The van der Waals surface area contributed by atoms with E-state index < -0.39 is 10.0 Å². The monoisotopic (exact) mass is 226 g/mol. The maximum Gasteiger partial charge on any atom is 0.238 e. The number of likely N-dealkylation sites (N-methyl/N-ethyl adjacent to an activating group) is 1. The zero-order chi connectivity index (χ0) is 11.1. The lowest BCUT2D eigenvalue weighted by molar-refractivity contribution is 0.598. The molecule has 1 aliphatic rings. The standard InChI is InChI=1S/C10H14N2O2S/c1-12-10-6-9(10)7-2-4-8(5-3-7)15(11,13)14/h2-5,9-10,12H,6H2,1H3,(H2,11,13,14). The van der Waals surface area contributed by atoms with Gasteiger partial charge in [-0.25, -0.2) is 13.6 Å². The Balaban J connectivity index is 2.19. The summed E-state index contributed by atoms with van der Waals surface area (Å²) in [5.41, 5.74) is 1.17. The van der Waals surface area contributed by atoms with Gasteiger partial charge in [0.1, 0.15) is 0 Å². The molecule has 2 rings (SSSR count). The lowest BCUT2D eigenvalue weighted by Crippen LogP contribution is -2.12. The molecule has 2 atom stereocenters. The highest BCUT2D eigenvalue weighted by molar-refractivity contribution is 7.89. The van der Waals surface area contributed by atoms with Crippen LogP contribution in [0.1, 0.15) is 17.9 Å². The molecule has 1 aromatic carbocycles. The molecule has 5 heteroatoms. The minimum absolute atomic E-state index is 0.174. The molecular formula is C10H14N2O2S. The number of sulfonamides is 1. The molecule has 4 nitrogen and oxygen atoms in total. The Morgan fingerprint density at radius 2 is 1.93 bits per heavy atom. The molecule has 1 aromatic rings. The van der Waals surface area contributed by atoms with E-state index in [9.17, 15) is 8.42 Å². The van der Waals surface area contributed by atoms with Gasteiger partial charge in [0.25, 0.3) is 0 Å². The summed E-state index contributed by atoms with van der Waals surface area (Å²) in [4.78, 5) is 0.174. The van der Waals surface area contributed by atoms with Gasteiger partial charge >= 0.3 is 0 Å². The summed E-state index contributed by atoms with van der Waals surface area (Å²) in [7, 11) is -1.63. The van der Waals surface area contributed by atoms with Crippen LogP contribution < -0.4 is 10.5 Å². The van der Waals surface area contributed by atoms with Crippen LogP contribution in [0.4, 0.5) is 0 Å². The molecular weight excluding hydrogens is 212 g/mol. The summed E-state index contributed by atoms with van der Waals surface area (Å²) in [6, 6.07) is 7.33. The first-order valence-electron chi connectivity index (χ1n) is 4.82. The highest BCUT2D eigenvalue weighted by Gasteiger charge is 2.36. The number of hydrogen-bond acceptors (Lipinski definition) is 3. The second-order valence-electron chi connectivity index (χ2n) is 3.85. The predicted octanol–water partition coefficient (Wildman–Crippen LogP) is 0.409.